The van der Waals surface area contributed by atoms with E-state index in [4.69, 9.17) is 4.74 Å². The highest BCUT2D eigenvalue weighted by atomic mass is 16.5. The predicted octanol–water partition coefficient (Wildman–Crippen LogP) is 3.34. The van der Waals surface area contributed by atoms with Crippen molar-refractivity contribution in [1.82, 2.24) is 10.2 Å². The normalized spacial score (nSPS) is 19.1. The van der Waals surface area contributed by atoms with Crippen LogP contribution in [0.15, 0.2) is 42.5 Å². The van der Waals surface area contributed by atoms with Gasteiger partial charge < -0.3 is 19.9 Å². The number of hydrogen-bond acceptors (Lipinski definition) is 5. The summed E-state index contributed by atoms with van der Waals surface area (Å²) in [5.41, 5.74) is 3.10. The number of nitrogens with zero attached hydrogens (tertiary/aromatic N) is 3. The maximum atomic E-state index is 13.6. The van der Waals surface area contributed by atoms with Crippen molar-refractivity contribution < 1.29 is 19.1 Å². The fraction of sp³-hybridized carbons (Fsp3) is 0.464. The van der Waals surface area contributed by atoms with Crippen molar-refractivity contribution in [2.75, 3.05) is 42.6 Å². The first-order valence-corrected chi connectivity index (χ1v) is 13.0. The molecule has 2 saturated heterocycles. The van der Waals surface area contributed by atoms with Gasteiger partial charge in [-0.15, -0.1) is 0 Å². The first-order chi connectivity index (χ1) is 17.5. The van der Waals surface area contributed by atoms with Crippen LogP contribution in [0, 0.1) is 0 Å². The Morgan fingerprint density at radius 2 is 1.72 bits per heavy atom. The van der Waals surface area contributed by atoms with Crippen molar-refractivity contribution in [3.63, 3.8) is 0 Å². The van der Waals surface area contributed by atoms with E-state index in [9.17, 15) is 14.4 Å². The number of carbonyl (C=O) groups is 3. The zero-order valence-corrected chi connectivity index (χ0v) is 20.9. The predicted molar refractivity (Wildman–Crippen MR) is 138 cm³/mol. The fourth-order valence-electron chi connectivity index (χ4n) is 5.43. The highest BCUT2D eigenvalue weighted by Gasteiger charge is 2.40. The summed E-state index contributed by atoms with van der Waals surface area (Å²) in [5.74, 6) is 0.482. The van der Waals surface area contributed by atoms with Gasteiger partial charge in [0.05, 0.1) is 18.0 Å². The van der Waals surface area contributed by atoms with E-state index in [0.29, 0.717) is 24.4 Å². The summed E-state index contributed by atoms with van der Waals surface area (Å²) >= 11 is 0. The largest absolute Gasteiger partial charge is 0.494 e. The van der Waals surface area contributed by atoms with Gasteiger partial charge in [0.1, 0.15) is 18.3 Å². The smallest absolute Gasteiger partial charge is 0.253 e. The summed E-state index contributed by atoms with van der Waals surface area (Å²) in [4.78, 5) is 45.2. The summed E-state index contributed by atoms with van der Waals surface area (Å²) in [6, 6.07) is 13.0. The molecule has 8 heteroatoms. The van der Waals surface area contributed by atoms with Crippen LogP contribution in [0.25, 0.3) is 0 Å². The molecule has 0 bridgehead atoms. The van der Waals surface area contributed by atoms with Crippen molar-refractivity contribution in [3.8, 4) is 5.75 Å². The maximum absolute atomic E-state index is 13.6. The molecule has 3 aliphatic rings. The Morgan fingerprint density at radius 3 is 2.47 bits per heavy atom. The number of anilines is 2. The molecular weight excluding hydrogens is 456 g/mol. The number of nitrogens with one attached hydrogen (secondary N) is 1. The molecular formula is C28H34N4O4. The standard InChI is InChI=1S/C28H34N4O4/c1-2-36-22-11-8-20(9-12-22)18-29-26(33)19-32-25-17-21(27(34)30-14-5-6-15-30)10-13-23(25)31-16-4-3-7-24(31)28(32)35/h8-13,17,24H,2-7,14-16,18-19H2,1H3,(H,29,33). The monoisotopic (exact) mass is 490 g/mol. The van der Waals surface area contributed by atoms with E-state index in [0.717, 1.165) is 68.7 Å². The molecule has 0 aliphatic carbocycles. The van der Waals surface area contributed by atoms with E-state index < -0.39 is 0 Å². The van der Waals surface area contributed by atoms with Gasteiger partial charge in [-0.25, -0.2) is 0 Å². The molecule has 0 spiro atoms. The van der Waals surface area contributed by atoms with E-state index in [-0.39, 0.29) is 30.3 Å². The molecule has 3 amide bonds. The van der Waals surface area contributed by atoms with Crippen LogP contribution in [0.3, 0.4) is 0 Å². The van der Waals surface area contributed by atoms with Gasteiger partial charge in [0, 0.05) is 31.7 Å². The Balaban J connectivity index is 1.35. The number of ether oxygens (including phenoxy) is 1. The Morgan fingerprint density at radius 1 is 0.972 bits per heavy atom. The van der Waals surface area contributed by atoms with Crippen LogP contribution >= 0.6 is 0 Å². The Bertz CT molecular complexity index is 1130. The van der Waals surface area contributed by atoms with Gasteiger partial charge in [0.2, 0.25) is 11.8 Å². The van der Waals surface area contributed by atoms with Gasteiger partial charge >= 0.3 is 0 Å². The Kier molecular flexibility index (Phi) is 7.11. The second-order valence-electron chi connectivity index (χ2n) is 9.69. The summed E-state index contributed by atoms with van der Waals surface area (Å²) in [5, 5.41) is 2.94. The van der Waals surface area contributed by atoms with Gasteiger partial charge in [0.15, 0.2) is 0 Å². The zero-order chi connectivity index (χ0) is 25.1. The molecule has 2 aromatic carbocycles. The quantitative estimate of drug-likeness (QED) is 0.644. The van der Waals surface area contributed by atoms with E-state index >= 15 is 0 Å². The Hall–Kier alpha value is -3.55. The minimum absolute atomic E-state index is 0.0107. The second kappa shape index (κ2) is 10.6. The molecule has 1 atom stereocenters. The third-order valence-electron chi connectivity index (χ3n) is 7.30. The minimum Gasteiger partial charge on any atom is -0.494 e. The highest BCUT2D eigenvalue weighted by Crippen LogP contribution is 2.40. The number of rotatable bonds is 7. The molecule has 0 aromatic heterocycles. The van der Waals surface area contributed by atoms with E-state index in [1.54, 1.807) is 11.0 Å². The van der Waals surface area contributed by atoms with E-state index in [1.807, 2.05) is 48.2 Å². The van der Waals surface area contributed by atoms with Crippen LogP contribution in [0.2, 0.25) is 0 Å². The van der Waals surface area contributed by atoms with Crippen molar-refractivity contribution in [3.05, 3.63) is 53.6 Å². The van der Waals surface area contributed by atoms with Crippen LogP contribution in [0.1, 0.15) is 54.9 Å². The van der Waals surface area contributed by atoms with Gasteiger partial charge in [-0.1, -0.05) is 12.1 Å². The molecule has 5 rings (SSSR count). The lowest BCUT2D eigenvalue weighted by Crippen LogP contribution is -2.57. The fourth-order valence-corrected chi connectivity index (χ4v) is 5.43. The van der Waals surface area contributed by atoms with Gasteiger partial charge in [-0.2, -0.15) is 0 Å². The highest BCUT2D eigenvalue weighted by molar-refractivity contribution is 6.09. The van der Waals surface area contributed by atoms with Crippen LogP contribution in [0.5, 0.6) is 5.75 Å². The topological polar surface area (TPSA) is 82.2 Å². The molecule has 2 aromatic rings. The number of amides is 3. The number of likely N-dealkylation sites (tertiary alicyclic amines) is 1. The first-order valence-electron chi connectivity index (χ1n) is 13.0. The molecule has 2 fully saturated rings. The lowest BCUT2D eigenvalue weighted by Gasteiger charge is -2.45. The SMILES string of the molecule is CCOc1ccc(CNC(=O)CN2C(=O)C3CCCCN3c3ccc(C(=O)N4CCCC4)cc32)cc1. The summed E-state index contributed by atoms with van der Waals surface area (Å²) in [7, 11) is 0. The second-order valence-corrected chi connectivity index (χ2v) is 9.69. The first kappa shape index (κ1) is 24.2. The van der Waals surface area contributed by atoms with Crippen molar-refractivity contribution in [2.24, 2.45) is 0 Å². The van der Waals surface area contributed by atoms with E-state index in [1.165, 1.54) is 0 Å². The van der Waals surface area contributed by atoms with Crippen molar-refractivity contribution in [1.29, 1.82) is 0 Å². The van der Waals surface area contributed by atoms with Crippen LogP contribution in [-0.2, 0) is 16.1 Å². The van der Waals surface area contributed by atoms with Crippen molar-refractivity contribution in [2.45, 2.75) is 51.6 Å². The number of hydrogen-bond donors (Lipinski definition) is 1. The number of fused-ring (bicyclic) bond motifs is 3. The molecule has 1 unspecified atom stereocenters. The Labute approximate surface area is 212 Å². The van der Waals surface area contributed by atoms with Gasteiger partial charge in [0.25, 0.3) is 5.91 Å². The van der Waals surface area contributed by atoms with Crippen LogP contribution < -0.4 is 19.9 Å². The maximum Gasteiger partial charge on any atom is 0.253 e. The average Bonchev–Trinajstić information content (AvgIpc) is 3.45. The molecule has 0 saturated carbocycles. The van der Waals surface area contributed by atoms with Gasteiger partial charge in [-0.3, -0.25) is 19.3 Å². The zero-order valence-electron chi connectivity index (χ0n) is 20.9. The number of carbonyl (C=O) groups excluding carboxylic acids is 3. The molecule has 8 nitrogen and oxygen atoms in total. The van der Waals surface area contributed by atoms with Crippen molar-refractivity contribution >= 4 is 29.1 Å². The molecule has 3 aliphatic heterocycles. The molecule has 0 radical (unpaired) electrons. The average molecular weight is 491 g/mol. The summed E-state index contributed by atoms with van der Waals surface area (Å²) in [6.45, 7) is 5.16. The lowest BCUT2D eigenvalue weighted by atomic mass is 9.95. The van der Waals surface area contributed by atoms with Gasteiger partial charge in [-0.05, 0) is 74.9 Å². The number of benzene rings is 2. The minimum atomic E-state index is -0.259. The van der Waals surface area contributed by atoms with Crippen LogP contribution in [0.4, 0.5) is 11.4 Å². The molecule has 36 heavy (non-hydrogen) atoms. The molecule has 190 valence electrons. The number of piperidine rings is 1. The third-order valence-corrected chi connectivity index (χ3v) is 7.30. The van der Waals surface area contributed by atoms with E-state index in [2.05, 4.69) is 10.2 Å². The van der Waals surface area contributed by atoms with Crippen LogP contribution in [-0.4, -0.2) is 61.4 Å². The molecule has 3 heterocycles. The summed E-state index contributed by atoms with van der Waals surface area (Å²) < 4.78 is 5.47. The lowest BCUT2D eigenvalue weighted by molar-refractivity contribution is -0.125. The molecule has 1 N–H and O–H groups in total. The third kappa shape index (κ3) is 4.90. The summed E-state index contributed by atoms with van der Waals surface area (Å²) in [6.07, 6.45) is 4.83.